The molecule has 0 aliphatic carbocycles. The molecule has 0 aliphatic heterocycles. The fraction of sp³-hybridized carbons (Fsp3) is 0.667. The third-order valence-electron chi connectivity index (χ3n) is 5.56. The van der Waals surface area contributed by atoms with Crippen molar-refractivity contribution in [1.82, 2.24) is 0 Å². The summed E-state index contributed by atoms with van der Waals surface area (Å²) < 4.78 is 6.04. The number of hydrogen-bond acceptors (Lipinski definition) is 2. The molecule has 0 bridgehead atoms. The van der Waals surface area contributed by atoms with Gasteiger partial charge in [-0.2, -0.15) is 0 Å². The number of nitrogens with two attached hydrogens (primary N) is 1. The van der Waals surface area contributed by atoms with Gasteiger partial charge in [-0.1, -0.05) is 51.1 Å². The Hall–Kier alpha value is -0.810. The van der Waals surface area contributed by atoms with Crippen molar-refractivity contribution in [3.8, 4) is 0 Å². The van der Waals surface area contributed by atoms with E-state index in [0.717, 1.165) is 51.0 Å². The van der Waals surface area contributed by atoms with Crippen LogP contribution in [0.3, 0.4) is 0 Å². The Kier molecular flexibility index (Phi) is 15.9. The molecule has 0 aliphatic rings. The van der Waals surface area contributed by atoms with Gasteiger partial charge in [0.15, 0.2) is 0 Å². The van der Waals surface area contributed by atoms with Gasteiger partial charge in [0.05, 0.1) is 13.1 Å². The molecule has 0 spiro atoms. The van der Waals surface area contributed by atoms with Crippen LogP contribution >= 0.6 is 0 Å². The second-order valence-corrected chi connectivity index (χ2v) is 6.78. The van der Waals surface area contributed by atoms with Crippen molar-refractivity contribution in [3.05, 3.63) is 35.9 Å². The first-order valence-corrected chi connectivity index (χ1v) is 10.00. The van der Waals surface area contributed by atoms with Crippen LogP contribution in [0.15, 0.2) is 30.3 Å². The van der Waals surface area contributed by atoms with Crippen LogP contribution < -0.4 is 35.0 Å². The summed E-state index contributed by atoms with van der Waals surface area (Å²) in [4.78, 5) is 14.5. The van der Waals surface area contributed by atoms with Crippen LogP contribution in [-0.2, 0) is 9.53 Å². The molecular formula is C21H38Cl2N2O2. The van der Waals surface area contributed by atoms with Gasteiger partial charge in [0, 0.05) is 5.56 Å². The highest BCUT2D eigenvalue weighted by atomic mass is 35.5. The summed E-state index contributed by atoms with van der Waals surface area (Å²) in [5.41, 5.74) is 0.696. The minimum absolute atomic E-state index is 0. The second-order valence-electron chi connectivity index (χ2n) is 6.78. The predicted molar refractivity (Wildman–Crippen MR) is 103 cm³/mol. The molecule has 0 amide bonds. The standard InChI is InChI=1S/C21H36N2O2.2ClH/c1-6-21(7-2,8-3)25-20(24)19(18-14-12-11-13-15-18)22-16-17-23(9-4)10-5;;/h11-15,19,22H,6-10,16-17H2,1-5H3;2*1H. The number of likely N-dealkylation sites (N-methyl/N-ethyl adjacent to an activating group) is 1. The number of halogens is 2. The van der Waals surface area contributed by atoms with Gasteiger partial charge in [-0.3, -0.25) is 0 Å². The van der Waals surface area contributed by atoms with E-state index < -0.39 is 0 Å². The first-order valence-electron chi connectivity index (χ1n) is 10.00. The SMILES string of the molecule is CC[NH+](CC)CC[NH2+]C(C(=O)OC(CC)(CC)CC)c1ccccc1.[Cl-].[Cl-]. The third kappa shape index (κ3) is 8.82. The van der Waals surface area contributed by atoms with Gasteiger partial charge in [0.2, 0.25) is 6.04 Å². The quantitative estimate of drug-likeness (QED) is 0.336. The molecule has 0 saturated carbocycles. The van der Waals surface area contributed by atoms with E-state index >= 15 is 0 Å². The van der Waals surface area contributed by atoms with Crippen molar-refractivity contribution < 1.29 is 44.6 Å². The van der Waals surface area contributed by atoms with Crippen LogP contribution in [0.5, 0.6) is 0 Å². The summed E-state index contributed by atoms with van der Waals surface area (Å²) in [6, 6.07) is 9.74. The molecule has 0 heterocycles. The number of carbonyl (C=O) groups excluding carboxylic acids is 1. The van der Waals surface area contributed by atoms with Crippen molar-refractivity contribution in [2.24, 2.45) is 0 Å². The lowest BCUT2D eigenvalue weighted by Gasteiger charge is -2.31. The topological polar surface area (TPSA) is 47.4 Å². The zero-order chi connectivity index (χ0) is 18.7. The maximum Gasteiger partial charge on any atom is 0.370 e. The van der Waals surface area contributed by atoms with E-state index in [1.807, 2.05) is 30.3 Å². The number of ether oxygens (including phenoxy) is 1. The van der Waals surface area contributed by atoms with Gasteiger partial charge >= 0.3 is 5.97 Å². The van der Waals surface area contributed by atoms with Crippen molar-refractivity contribution in [2.75, 3.05) is 26.2 Å². The Labute approximate surface area is 178 Å². The monoisotopic (exact) mass is 420 g/mol. The third-order valence-corrected chi connectivity index (χ3v) is 5.56. The van der Waals surface area contributed by atoms with Crippen molar-refractivity contribution in [2.45, 2.75) is 65.5 Å². The van der Waals surface area contributed by atoms with Crippen LogP contribution in [-0.4, -0.2) is 37.7 Å². The molecule has 0 saturated heterocycles. The molecule has 0 aromatic heterocycles. The highest BCUT2D eigenvalue weighted by molar-refractivity contribution is 5.76. The van der Waals surface area contributed by atoms with E-state index in [1.54, 1.807) is 4.90 Å². The molecule has 1 aromatic rings. The van der Waals surface area contributed by atoms with Gasteiger partial charge in [-0.05, 0) is 33.1 Å². The number of hydrogen-bond donors (Lipinski definition) is 2. The minimum atomic E-state index is -0.331. The van der Waals surface area contributed by atoms with Gasteiger partial charge in [0.1, 0.15) is 18.7 Å². The average molecular weight is 421 g/mol. The highest BCUT2D eigenvalue weighted by Crippen LogP contribution is 2.26. The van der Waals surface area contributed by atoms with E-state index in [4.69, 9.17) is 4.74 Å². The van der Waals surface area contributed by atoms with Gasteiger partial charge in [-0.15, -0.1) is 0 Å². The van der Waals surface area contributed by atoms with E-state index in [-0.39, 0.29) is 42.4 Å². The van der Waals surface area contributed by atoms with Crippen molar-refractivity contribution in [3.63, 3.8) is 0 Å². The number of benzene rings is 1. The Morgan fingerprint density at radius 3 is 1.96 bits per heavy atom. The first-order chi connectivity index (χ1) is 12.1. The van der Waals surface area contributed by atoms with E-state index in [9.17, 15) is 4.79 Å². The average Bonchev–Trinajstić information content (AvgIpc) is 2.67. The fourth-order valence-electron chi connectivity index (χ4n) is 3.33. The molecule has 0 radical (unpaired) electrons. The van der Waals surface area contributed by atoms with Crippen LogP contribution in [0, 0.1) is 0 Å². The molecular weight excluding hydrogens is 383 g/mol. The number of quaternary nitrogens is 2. The molecule has 1 rings (SSSR count). The number of rotatable bonds is 12. The molecule has 1 atom stereocenters. The lowest BCUT2D eigenvalue weighted by molar-refractivity contribution is -0.910. The Bertz CT molecular complexity index is 484. The van der Waals surface area contributed by atoms with Crippen molar-refractivity contribution >= 4 is 5.97 Å². The van der Waals surface area contributed by atoms with Crippen LogP contribution in [0.4, 0.5) is 0 Å². The molecule has 27 heavy (non-hydrogen) atoms. The number of esters is 1. The molecule has 1 unspecified atom stereocenters. The summed E-state index contributed by atoms with van der Waals surface area (Å²) >= 11 is 0. The summed E-state index contributed by atoms with van der Waals surface area (Å²) in [6.07, 6.45) is 2.57. The van der Waals surface area contributed by atoms with E-state index in [2.05, 4.69) is 39.9 Å². The largest absolute Gasteiger partial charge is 1.00 e. The Balaban J connectivity index is 0. The summed E-state index contributed by atoms with van der Waals surface area (Å²) in [5, 5.41) is 2.15. The normalized spacial score (nSPS) is 12.1. The Morgan fingerprint density at radius 2 is 1.52 bits per heavy atom. The lowest BCUT2D eigenvalue weighted by Crippen LogP contribution is -3.14. The summed E-state index contributed by atoms with van der Waals surface area (Å²) in [7, 11) is 0. The van der Waals surface area contributed by atoms with Crippen LogP contribution in [0.25, 0.3) is 0 Å². The molecule has 3 N–H and O–H groups in total. The molecule has 6 heteroatoms. The zero-order valence-electron chi connectivity index (χ0n) is 17.6. The lowest BCUT2D eigenvalue weighted by atomic mass is 9.93. The van der Waals surface area contributed by atoms with Gasteiger partial charge < -0.3 is 39.8 Å². The number of nitrogens with one attached hydrogen (secondary N) is 1. The highest BCUT2D eigenvalue weighted by Gasteiger charge is 2.34. The van der Waals surface area contributed by atoms with Crippen LogP contribution in [0.2, 0.25) is 0 Å². The van der Waals surface area contributed by atoms with Crippen LogP contribution in [0.1, 0.15) is 65.5 Å². The van der Waals surface area contributed by atoms with E-state index in [0.29, 0.717) is 0 Å². The summed E-state index contributed by atoms with van der Waals surface area (Å²) in [6.45, 7) is 14.9. The molecule has 158 valence electrons. The molecule has 0 fully saturated rings. The Morgan fingerprint density at radius 1 is 1.00 bits per heavy atom. The maximum atomic E-state index is 13.0. The molecule has 1 aromatic carbocycles. The number of carbonyl (C=O) groups is 1. The molecule has 4 nitrogen and oxygen atoms in total. The second kappa shape index (κ2) is 15.2. The zero-order valence-corrected chi connectivity index (χ0v) is 19.1. The van der Waals surface area contributed by atoms with Gasteiger partial charge in [-0.25, -0.2) is 4.79 Å². The van der Waals surface area contributed by atoms with E-state index in [1.165, 1.54) is 0 Å². The predicted octanol–water partition coefficient (Wildman–Crippen LogP) is -4.26. The maximum absolute atomic E-state index is 13.0. The smallest absolute Gasteiger partial charge is 0.370 e. The summed E-state index contributed by atoms with van der Waals surface area (Å²) in [5.74, 6) is -0.105. The van der Waals surface area contributed by atoms with Crippen molar-refractivity contribution in [1.29, 1.82) is 0 Å². The fourth-order valence-corrected chi connectivity index (χ4v) is 3.33. The minimum Gasteiger partial charge on any atom is -1.00 e. The first kappa shape index (κ1) is 28.4. The van der Waals surface area contributed by atoms with Gasteiger partial charge in [0.25, 0.3) is 0 Å².